The third-order valence-electron chi connectivity index (χ3n) is 3.02. The minimum Gasteiger partial charge on any atom is -0.493 e. The molecule has 4 nitrogen and oxygen atoms in total. The minimum absolute atomic E-state index is 0.00973. The largest absolute Gasteiger partial charge is 0.493 e. The van der Waals surface area contributed by atoms with Crippen LogP contribution in [0.2, 0.25) is 0 Å². The lowest BCUT2D eigenvalue weighted by molar-refractivity contribution is 0.111. The molecular weight excluding hydrogens is 280 g/mol. The molecule has 116 valence electrons. The van der Waals surface area contributed by atoms with E-state index < -0.39 is 0 Å². The molecule has 0 aliphatic carbocycles. The molecule has 2 aromatic carbocycles. The molecule has 0 saturated carbocycles. The second kappa shape index (κ2) is 7.50. The van der Waals surface area contributed by atoms with Crippen LogP contribution >= 0.6 is 0 Å². The van der Waals surface area contributed by atoms with Gasteiger partial charge in [-0.05, 0) is 25.5 Å². The fraction of sp³-hybridized carbons (Fsp3) is 0.278. The van der Waals surface area contributed by atoms with E-state index in [1.54, 1.807) is 19.2 Å². The standard InChI is InChI=1S/C18H20O4/c1-13(2)22-18-9-15(11-19)16(10-17(18)20-3)21-12-14-7-5-4-6-8-14/h4-11,13H,12H2,1-3H3. The van der Waals surface area contributed by atoms with Crippen molar-refractivity contribution in [1.82, 2.24) is 0 Å². The maximum Gasteiger partial charge on any atom is 0.164 e. The fourth-order valence-electron chi connectivity index (χ4n) is 2.01. The van der Waals surface area contributed by atoms with Crippen molar-refractivity contribution in [2.75, 3.05) is 7.11 Å². The Morgan fingerprint density at radius 2 is 1.77 bits per heavy atom. The Morgan fingerprint density at radius 3 is 2.36 bits per heavy atom. The topological polar surface area (TPSA) is 44.8 Å². The zero-order valence-corrected chi connectivity index (χ0v) is 13.0. The molecule has 0 atom stereocenters. The van der Waals surface area contributed by atoms with Gasteiger partial charge in [-0.3, -0.25) is 4.79 Å². The molecule has 0 N–H and O–H groups in total. The van der Waals surface area contributed by atoms with Crippen LogP contribution in [0.15, 0.2) is 42.5 Å². The van der Waals surface area contributed by atoms with Gasteiger partial charge in [0, 0.05) is 6.07 Å². The van der Waals surface area contributed by atoms with Crippen molar-refractivity contribution in [3.63, 3.8) is 0 Å². The Bertz CT molecular complexity index is 620. The average Bonchev–Trinajstić information content (AvgIpc) is 2.53. The van der Waals surface area contributed by atoms with Crippen LogP contribution in [0.1, 0.15) is 29.8 Å². The summed E-state index contributed by atoms with van der Waals surface area (Å²) >= 11 is 0. The molecule has 0 aliphatic rings. The summed E-state index contributed by atoms with van der Waals surface area (Å²) in [5.74, 6) is 1.56. The quantitative estimate of drug-likeness (QED) is 0.728. The first-order valence-electron chi connectivity index (χ1n) is 7.14. The van der Waals surface area contributed by atoms with Crippen molar-refractivity contribution in [1.29, 1.82) is 0 Å². The lowest BCUT2D eigenvalue weighted by atomic mass is 10.2. The number of carbonyl (C=O) groups is 1. The van der Waals surface area contributed by atoms with Crippen LogP contribution in [0, 0.1) is 0 Å². The van der Waals surface area contributed by atoms with Gasteiger partial charge in [-0.1, -0.05) is 30.3 Å². The molecule has 0 amide bonds. The van der Waals surface area contributed by atoms with Gasteiger partial charge >= 0.3 is 0 Å². The Balaban J connectivity index is 2.24. The summed E-state index contributed by atoms with van der Waals surface area (Å²) in [5, 5.41) is 0. The number of carbonyl (C=O) groups excluding carboxylic acids is 1. The lowest BCUT2D eigenvalue weighted by Gasteiger charge is -2.16. The van der Waals surface area contributed by atoms with Crippen LogP contribution in [0.5, 0.6) is 17.2 Å². The molecule has 0 heterocycles. The van der Waals surface area contributed by atoms with Gasteiger partial charge < -0.3 is 14.2 Å². The second-order valence-electron chi connectivity index (χ2n) is 5.10. The van der Waals surface area contributed by atoms with Crippen LogP contribution in [0.3, 0.4) is 0 Å². The predicted molar refractivity (Wildman–Crippen MR) is 84.9 cm³/mol. The Morgan fingerprint density at radius 1 is 1.05 bits per heavy atom. The summed E-state index contributed by atoms with van der Waals surface area (Å²) < 4.78 is 16.7. The van der Waals surface area contributed by atoms with E-state index in [0.29, 0.717) is 29.4 Å². The maximum atomic E-state index is 11.3. The molecule has 0 radical (unpaired) electrons. The summed E-state index contributed by atoms with van der Waals surface area (Å²) in [4.78, 5) is 11.3. The van der Waals surface area contributed by atoms with Gasteiger partial charge in [-0.25, -0.2) is 0 Å². The first kappa shape index (κ1) is 15.9. The smallest absolute Gasteiger partial charge is 0.164 e. The number of ether oxygens (including phenoxy) is 3. The molecule has 0 fully saturated rings. The molecule has 22 heavy (non-hydrogen) atoms. The van der Waals surface area contributed by atoms with Crippen LogP contribution in [-0.2, 0) is 6.61 Å². The summed E-state index contributed by atoms with van der Waals surface area (Å²) in [5.41, 5.74) is 1.47. The zero-order valence-electron chi connectivity index (χ0n) is 13.0. The minimum atomic E-state index is -0.00973. The normalized spacial score (nSPS) is 10.4. The Hall–Kier alpha value is -2.49. The van der Waals surface area contributed by atoms with Crippen molar-refractivity contribution in [2.24, 2.45) is 0 Å². The van der Waals surface area contributed by atoms with Gasteiger partial charge in [0.2, 0.25) is 0 Å². The van der Waals surface area contributed by atoms with Gasteiger partial charge in [0.15, 0.2) is 17.8 Å². The highest BCUT2D eigenvalue weighted by atomic mass is 16.5. The molecular formula is C18H20O4. The first-order chi connectivity index (χ1) is 10.6. The van der Waals surface area contributed by atoms with Crippen molar-refractivity contribution in [2.45, 2.75) is 26.6 Å². The van der Waals surface area contributed by atoms with Gasteiger partial charge in [0.25, 0.3) is 0 Å². The molecule has 0 bridgehead atoms. The molecule has 2 rings (SSSR count). The van der Waals surface area contributed by atoms with Crippen LogP contribution in [0.4, 0.5) is 0 Å². The average molecular weight is 300 g/mol. The molecule has 0 unspecified atom stereocenters. The highest BCUT2D eigenvalue weighted by molar-refractivity contribution is 5.81. The van der Waals surface area contributed by atoms with Gasteiger partial charge in [-0.2, -0.15) is 0 Å². The third kappa shape index (κ3) is 4.01. The van der Waals surface area contributed by atoms with E-state index in [4.69, 9.17) is 14.2 Å². The van der Waals surface area contributed by atoms with Crippen LogP contribution < -0.4 is 14.2 Å². The molecule has 2 aromatic rings. The highest BCUT2D eigenvalue weighted by Crippen LogP contribution is 2.35. The molecule has 4 heteroatoms. The van der Waals surface area contributed by atoms with E-state index in [2.05, 4.69) is 0 Å². The van der Waals surface area contributed by atoms with E-state index in [0.717, 1.165) is 11.8 Å². The number of hydrogen-bond acceptors (Lipinski definition) is 4. The van der Waals surface area contributed by atoms with E-state index in [1.165, 1.54) is 0 Å². The number of aldehydes is 1. The Labute approximate surface area is 130 Å². The summed E-state index contributed by atoms with van der Waals surface area (Å²) in [6.07, 6.45) is 0.747. The molecule has 0 saturated heterocycles. The number of methoxy groups -OCH3 is 1. The lowest BCUT2D eigenvalue weighted by Crippen LogP contribution is -2.08. The van der Waals surface area contributed by atoms with Gasteiger partial charge in [0.05, 0.1) is 18.8 Å². The van der Waals surface area contributed by atoms with Crippen molar-refractivity contribution in [3.05, 3.63) is 53.6 Å². The SMILES string of the molecule is COc1cc(OCc2ccccc2)c(C=O)cc1OC(C)C. The molecule has 0 aliphatic heterocycles. The second-order valence-corrected chi connectivity index (χ2v) is 5.10. The predicted octanol–water partition coefficient (Wildman–Crippen LogP) is 3.87. The van der Waals surface area contributed by atoms with Crippen molar-refractivity contribution < 1.29 is 19.0 Å². The van der Waals surface area contributed by atoms with Crippen molar-refractivity contribution >= 4 is 6.29 Å². The molecule has 0 spiro atoms. The van der Waals surface area contributed by atoms with Gasteiger partial charge in [-0.15, -0.1) is 0 Å². The number of rotatable bonds is 7. The van der Waals surface area contributed by atoms with Crippen molar-refractivity contribution in [3.8, 4) is 17.2 Å². The van der Waals surface area contributed by atoms with Gasteiger partial charge in [0.1, 0.15) is 12.4 Å². The summed E-state index contributed by atoms with van der Waals surface area (Å²) in [6, 6.07) is 13.1. The van der Waals surface area contributed by atoms with E-state index in [9.17, 15) is 4.79 Å². The first-order valence-corrected chi connectivity index (χ1v) is 7.14. The van der Waals surface area contributed by atoms with E-state index in [-0.39, 0.29) is 6.10 Å². The summed E-state index contributed by atoms with van der Waals surface area (Å²) in [7, 11) is 1.56. The zero-order chi connectivity index (χ0) is 15.9. The van der Waals surface area contributed by atoms with E-state index >= 15 is 0 Å². The number of hydrogen-bond donors (Lipinski definition) is 0. The number of benzene rings is 2. The maximum absolute atomic E-state index is 11.3. The third-order valence-corrected chi connectivity index (χ3v) is 3.02. The van der Waals surface area contributed by atoms with E-state index in [1.807, 2.05) is 44.2 Å². The monoisotopic (exact) mass is 300 g/mol. The summed E-state index contributed by atoms with van der Waals surface area (Å²) in [6.45, 7) is 4.22. The molecule has 0 aromatic heterocycles. The van der Waals surface area contributed by atoms with Crippen LogP contribution in [-0.4, -0.2) is 19.5 Å². The fourth-order valence-corrected chi connectivity index (χ4v) is 2.01. The van der Waals surface area contributed by atoms with Crippen LogP contribution in [0.25, 0.3) is 0 Å². The highest BCUT2D eigenvalue weighted by Gasteiger charge is 2.13. The Kier molecular flexibility index (Phi) is 5.42.